The van der Waals surface area contributed by atoms with Gasteiger partial charge in [0.05, 0.1) is 17.3 Å². The van der Waals surface area contributed by atoms with Crippen LogP contribution in [0.2, 0.25) is 0 Å². The molecule has 2 heterocycles. The van der Waals surface area contributed by atoms with Gasteiger partial charge in [0.2, 0.25) is 5.90 Å². The number of nitrogens with one attached hydrogen (secondary N) is 1. The average Bonchev–Trinajstić information content (AvgIpc) is 3.61. The summed E-state index contributed by atoms with van der Waals surface area (Å²) in [6.07, 6.45) is 0. The van der Waals surface area contributed by atoms with Crippen molar-refractivity contribution in [2.24, 2.45) is 9.98 Å². The number of ether oxygens (including phenoxy) is 1. The fraction of sp³-hybridized carbons (Fsp3) is 0.133. The molecule has 2 aliphatic rings. The van der Waals surface area contributed by atoms with Crippen LogP contribution in [0.4, 0.5) is 11.4 Å². The molecule has 0 unspecified atom stereocenters. The largest absolute Gasteiger partial charge is 0.475 e. The van der Waals surface area contributed by atoms with Gasteiger partial charge in [0.25, 0.3) is 0 Å². The molecule has 4 aromatic rings. The van der Waals surface area contributed by atoms with E-state index in [-0.39, 0.29) is 12.1 Å². The molecule has 0 spiro atoms. The summed E-state index contributed by atoms with van der Waals surface area (Å²) in [5.74, 6) is 1.63. The molecule has 35 heavy (non-hydrogen) atoms. The van der Waals surface area contributed by atoms with E-state index in [1.54, 1.807) is 0 Å². The van der Waals surface area contributed by atoms with Crippen molar-refractivity contribution >= 4 is 34.1 Å². The summed E-state index contributed by atoms with van der Waals surface area (Å²) in [5, 5.41) is 4.72. The van der Waals surface area contributed by atoms with Gasteiger partial charge in [0.15, 0.2) is 0 Å². The van der Waals surface area contributed by atoms with Crippen LogP contribution in [0.25, 0.3) is 0 Å². The summed E-state index contributed by atoms with van der Waals surface area (Å²) >= 11 is 1.81. The first-order chi connectivity index (χ1) is 17.3. The lowest BCUT2D eigenvalue weighted by atomic mass is 10.1. The van der Waals surface area contributed by atoms with Crippen molar-refractivity contribution in [3.05, 3.63) is 131 Å². The second kappa shape index (κ2) is 9.80. The van der Waals surface area contributed by atoms with E-state index in [2.05, 4.69) is 78.1 Å². The second-order valence-electron chi connectivity index (χ2n) is 8.56. The van der Waals surface area contributed by atoms with E-state index >= 15 is 0 Å². The quantitative estimate of drug-likeness (QED) is 0.321. The third kappa shape index (κ3) is 4.60. The Hall–Kier alpha value is -3.83. The molecule has 4 aromatic carbocycles. The predicted molar refractivity (Wildman–Crippen MR) is 146 cm³/mol. The van der Waals surface area contributed by atoms with E-state index in [4.69, 9.17) is 14.7 Å². The number of para-hydroxylation sites is 2. The second-order valence-corrected chi connectivity index (χ2v) is 9.57. The zero-order valence-corrected chi connectivity index (χ0v) is 20.0. The van der Waals surface area contributed by atoms with E-state index in [0.717, 1.165) is 33.3 Å². The smallest absolute Gasteiger partial charge is 0.219 e. The van der Waals surface area contributed by atoms with E-state index in [9.17, 15) is 0 Å². The maximum absolute atomic E-state index is 6.06. The Kier molecular flexibility index (Phi) is 6.07. The summed E-state index contributed by atoms with van der Waals surface area (Å²) in [5.41, 5.74) is 6.50. The molecule has 0 saturated carbocycles. The predicted octanol–water partition coefficient (Wildman–Crippen LogP) is 7.18. The van der Waals surface area contributed by atoms with Crippen molar-refractivity contribution in [2.45, 2.75) is 12.1 Å². The highest BCUT2D eigenvalue weighted by atomic mass is 32.2. The maximum atomic E-state index is 6.06. The third-order valence-corrected chi connectivity index (χ3v) is 7.34. The highest BCUT2D eigenvalue weighted by molar-refractivity contribution is 8.14. The minimum atomic E-state index is 0.0192. The summed E-state index contributed by atoms with van der Waals surface area (Å²) in [7, 11) is 0. The number of hydrogen-bond donors (Lipinski definition) is 1. The topological polar surface area (TPSA) is 46.0 Å². The molecule has 4 nitrogen and oxygen atoms in total. The van der Waals surface area contributed by atoms with Crippen molar-refractivity contribution in [1.82, 2.24) is 0 Å². The van der Waals surface area contributed by atoms with Crippen LogP contribution in [0.3, 0.4) is 0 Å². The molecule has 2 atom stereocenters. The lowest BCUT2D eigenvalue weighted by Gasteiger charge is -2.15. The molecule has 172 valence electrons. The Morgan fingerprint density at radius 3 is 1.91 bits per heavy atom. The zero-order valence-electron chi connectivity index (χ0n) is 19.2. The highest BCUT2D eigenvalue weighted by Gasteiger charge is 2.25. The van der Waals surface area contributed by atoms with Crippen LogP contribution in [0.15, 0.2) is 119 Å². The SMILES string of the molecule is c1ccc([C@@H]2CSC(c3ccccc3Nc3ccccc3C3=N[C@@H](c4ccccc4)CO3)=N2)cc1. The van der Waals surface area contributed by atoms with Crippen molar-refractivity contribution in [2.75, 3.05) is 17.7 Å². The van der Waals surface area contributed by atoms with Gasteiger partial charge in [-0.15, -0.1) is 11.8 Å². The van der Waals surface area contributed by atoms with E-state index < -0.39 is 0 Å². The molecule has 0 fully saturated rings. The Balaban J connectivity index is 1.29. The molecule has 0 radical (unpaired) electrons. The van der Waals surface area contributed by atoms with Gasteiger partial charge in [-0.1, -0.05) is 91.0 Å². The number of thioether (sulfide) groups is 1. The molecule has 1 N–H and O–H groups in total. The molecule has 0 saturated heterocycles. The molecule has 2 aliphatic heterocycles. The highest BCUT2D eigenvalue weighted by Crippen LogP contribution is 2.36. The van der Waals surface area contributed by atoms with Crippen LogP contribution in [0.5, 0.6) is 0 Å². The third-order valence-electron chi connectivity index (χ3n) is 6.26. The van der Waals surface area contributed by atoms with Crippen molar-refractivity contribution in [1.29, 1.82) is 0 Å². The van der Waals surface area contributed by atoms with Crippen LogP contribution in [0.1, 0.15) is 34.3 Å². The Morgan fingerprint density at radius 1 is 0.629 bits per heavy atom. The van der Waals surface area contributed by atoms with Gasteiger partial charge in [-0.3, -0.25) is 4.99 Å². The number of nitrogens with zero attached hydrogens (tertiary/aromatic N) is 2. The number of rotatable bonds is 6. The minimum Gasteiger partial charge on any atom is -0.475 e. The van der Waals surface area contributed by atoms with Crippen LogP contribution < -0.4 is 5.32 Å². The number of benzene rings is 4. The van der Waals surface area contributed by atoms with Crippen molar-refractivity contribution < 1.29 is 4.74 Å². The molecular formula is C30H25N3OS. The van der Waals surface area contributed by atoms with Gasteiger partial charge >= 0.3 is 0 Å². The molecule has 5 heteroatoms. The maximum Gasteiger partial charge on any atom is 0.219 e. The van der Waals surface area contributed by atoms with Gasteiger partial charge in [-0.05, 0) is 29.3 Å². The number of hydrogen-bond acceptors (Lipinski definition) is 5. The van der Waals surface area contributed by atoms with Crippen LogP contribution in [-0.2, 0) is 4.74 Å². The van der Waals surface area contributed by atoms with Crippen LogP contribution >= 0.6 is 11.8 Å². The first-order valence-corrected chi connectivity index (χ1v) is 12.8. The van der Waals surface area contributed by atoms with E-state index in [0.29, 0.717) is 12.5 Å². The van der Waals surface area contributed by atoms with Gasteiger partial charge < -0.3 is 10.1 Å². The summed E-state index contributed by atoms with van der Waals surface area (Å²) < 4.78 is 6.06. The molecular weight excluding hydrogens is 450 g/mol. The standard InChI is InChI=1S/C30H25N3OS/c1-3-11-21(12-4-1)27-19-34-29(32-27)23-15-7-9-17-25(23)31-26-18-10-8-16-24(26)30-33-28(20-35-30)22-13-5-2-6-14-22/h1-18,27-28,31H,19-20H2/t27-,28+/m1/s1. The first-order valence-electron chi connectivity index (χ1n) is 11.8. The zero-order chi connectivity index (χ0) is 23.5. The van der Waals surface area contributed by atoms with E-state index in [1.165, 1.54) is 11.1 Å². The molecule has 0 aliphatic carbocycles. The molecule has 0 amide bonds. The number of anilines is 2. The van der Waals surface area contributed by atoms with Crippen molar-refractivity contribution in [3.8, 4) is 0 Å². The summed E-state index contributed by atoms with van der Waals surface area (Å²) in [4.78, 5) is 9.97. The van der Waals surface area contributed by atoms with Gasteiger partial charge in [0, 0.05) is 17.0 Å². The lowest BCUT2D eigenvalue weighted by molar-refractivity contribution is 0.320. The minimum absolute atomic E-state index is 0.0192. The van der Waals surface area contributed by atoms with Crippen LogP contribution in [0, 0.1) is 0 Å². The number of aliphatic imine (C=N–C) groups is 2. The molecule has 6 rings (SSSR count). The van der Waals surface area contributed by atoms with E-state index in [1.807, 2.05) is 48.2 Å². The van der Waals surface area contributed by atoms with Gasteiger partial charge in [-0.25, -0.2) is 4.99 Å². The van der Waals surface area contributed by atoms with Crippen molar-refractivity contribution in [3.63, 3.8) is 0 Å². The normalized spacial score (nSPS) is 19.1. The summed E-state index contributed by atoms with van der Waals surface area (Å²) in [6.45, 7) is 0.554. The lowest BCUT2D eigenvalue weighted by Crippen LogP contribution is -2.07. The Labute approximate surface area is 209 Å². The monoisotopic (exact) mass is 475 g/mol. The van der Waals surface area contributed by atoms with Gasteiger partial charge in [0.1, 0.15) is 17.7 Å². The first kappa shape index (κ1) is 21.7. The molecule has 0 bridgehead atoms. The fourth-order valence-corrected chi connectivity index (χ4v) is 5.55. The fourth-order valence-electron chi connectivity index (χ4n) is 4.44. The van der Waals surface area contributed by atoms with Gasteiger partial charge in [-0.2, -0.15) is 0 Å². The summed E-state index contributed by atoms with van der Waals surface area (Å²) in [6, 6.07) is 37.6. The van der Waals surface area contributed by atoms with Crippen LogP contribution in [-0.4, -0.2) is 23.3 Å². The Morgan fingerprint density at radius 2 is 1.20 bits per heavy atom. The average molecular weight is 476 g/mol. The Bertz CT molecular complexity index is 1280. The molecule has 0 aromatic heterocycles.